The Morgan fingerprint density at radius 1 is 1.75 bits per heavy atom. The third-order valence-electron chi connectivity index (χ3n) is 2.87. The first-order valence-corrected chi connectivity index (χ1v) is 6.68. The molecular weight excluding hydrogens is 226 g/mol. The average molecular weight is 247 g/mol. The lowest BCUT2D eigenvalue weighted by Crippen LogP contribution is -2.47. The van der Waals surface area contributed by atoms with Crippen LogP contribution < -0.4 is 5.73 Å². The third kappa shape index (κ3) is 3.37. The molecule has 0 aromatic rings. The fraction of sp³-hybridized carbons (Fsp3) is 0.909. The predicted molar refractivity (Wildman–Crippen MR) is 65.3 cm³/mol. The van der Waals surface area contributed by atoms with Crippen LogP contribution in [-0.4, -0.2) is 40.3 Å². The van der Waals surface area contributed by atoms with Crippen molar-refractivity contribution in [2.75, 3.05) is 13.2 Å². The summed E-state index contributed by atoms with van der Waals surface area (Å²) in [6.45, 7) is 4.31. The summed E-state index contributed by atoms with van der Waals surface area (Å²) in [6, 6.07) is 0. The van der Waals surface area contributed by atoms with E-state index in [1.54, 1.807) is 18.7 Å². The fourth-order valence-corrected chi connectivity index (χ4v) is 3.37. The van der Waals surface area contributed by atoms with Gasteiger partial charge in [-0.25, -0.2) is 0 Å². The zero-order valence-electron chi connectivity index (χ0n) is 9.94. The van der Waals surface area contributed by atoms with Crippen LogP contribution in [0.15, 0.2) is 0 Å². The Bertz CT molecular complexity index is 249. The van der Waals surface area contributed by atoms with E-state index in [4.69, 9.17) is 15.6 Å². The highest BCUT2D eigenvalue weighted by atomic mass is 32.2. The van der Waals surface area contributed by atoms with Crippen molar-refractivity contribution in [2.24, 2.45) is 5.73 Å². The number of hydrogen-bond acceptors (Lipinski definition) is 5. The highest BCUT2D eigenvalue weighted by Crippen LogP contribution is 2.37. The van der Waals surface area contributed by atoms with Gasteiger partial charge in [0, 0.05) is 10.5 Å². The van der Waals surface area contributed by atoms with Gasteiger partial charge in [-0.15, -0.1) is 0 Å². The average Bonchev–Trinajstić information content (AvgIpc) is 2.62. The van der Waals surface area contributed by atoms with Gasteiger partial charge >= 0.3 is 5.97 Å². The quantitative estimate of drug-likeness (QED) is 0.707. The lowest BCUT2D eigenvalue weighted by atomic mass is 10.00. The molecule has 1 rings (SSSR count). The molecule has 1 saturated carbocycles. The van der Waals surface area contributed by atoms with Crippen molar-refractivity contribution in [3.63, 3.8) is 0 Å². The Morgan fingerprint density at radius 3 is 3.00 bits per heavy atom. The van der Waals surface area contributed by atoms with Crippen LogP contribution in [0.5, 0.6) is 0 Å². The van der Waals surface area contributed by atoms with E-state index in [9.17, 15) is 4.79 Å². The van der Waals surface area contributed by atoms with Crippen LogP contribution in [0.4, 0.5) is 0 Å². The van der Waals surface area contributed by atoms with Crippen LogP contribution in [0.2, 0.25) is 0 Å². The molecule has 0 bridgehead atoms. The van der Waals surface area contributed by atoms with Gasteiger partial charge in [-0.3, -0.25) is 4.79 Å². The maximum absolute atomic E-state index is 11.7. The molecule has 0 amide bonds. The predicted octanol–water partition coefficient (Wildman–Crippen LogP) is 0.913. The second-order valence-electron chi connectivity index (χ2n) is 4.37. The van der Waals surface area contributed by atoms with Crippen molar-refractivity contribution in [3.05, 3.63) is 0 Å². The Morgan fingerprint density at radius 2 is 2.44 bits per heavy atom. The van der Waals surface area contributed by atoms with Gasteiger partial charge in [-0.05, 0) is 26.2 Å². The van der Waals surface area contributed by atoms with Crippen molar-refractivity contribution in [1.29, 1.82) is 0 Å². The Balaban J connectivity index is 2.47. The Hall–Kier alpha value is -0.260. The number of ether oxygens (including phenoxy) is 1. The summed E-state index contributed by atoms with van der Waals surface area (Å²) in [7, 11) is 0. The van der Waals surface area contributed by atoms with E-state index in [0.717, 1.165) is 6.42 Å². The van der Waals surface area contributed by atoms with E-state index in [2.05, 4.69) is 0 Å². The lowest BCUT2D eigenvalue weighted by Gasteiger charge is -2.22. The third-order valence-corrected chi connectivity index (χ3v) is 4.27. The Kier molecular flexibility index (Phi) is 5.08. The molecule has 3 unspecified atom stereocenters. The molecule has 16 heavy (non-hydrogen) atoms. The normalized spacial score (nSPS) is 31.4. The molecule has 0 aliphatic heterocycles. The number of carbonyl (C=O) groups excluding carboxylic acids is 1. The SMILES string of the molecule is CCOC(=O)C1(N)CCC(SC(C)CO)C1. The molecule has 0 spiro atoms. The van der Waals surface area contributed by atoms with E-state index in [1.807, 2.05) is 6.92 Å². The molecule has 1 aliphatic carbocycles. The van der Waals surface area contributed by atoms with Gasteiger partial charge in [-0.2, -0.15) is 11.8 Å². The summed E-state index contributed by atoms with van der Waals surface area (Å²) in [4.78, 5) is 11.7. The highest BCUT2D eigenvalue weighted by molar-refractivity contribution is 8.00. The second kappa shape index (κ2) is 5.89. The maximum atomic E-state index is 11.7. The molecule has 3 atom stereocenters. The minimum absolute atomic E-state index is 0.165. The summed E-state index contributed by atoms with van der Waals surface area (Å²) >= 11 is 1.71. The molecule has 0 saturated heterocycles. The maximum Gasteiger partial charge on any atom is 0.326 e. The number of carbonyl (C=O) groups is 1. The van der Waals surface area contributed by atoms with E-state index >= 15 is 0 Å². The monoisotopic (exact) mass is 247 g/mol. The zero-order valence-corrected chi connectivity index (χ0v) is 10.8. The van der Waals surface area contributed by atoms with Gasteiger partial charge in [0.05, 0.1) is 13.2 Å². The van der Waals surface area contributed by atoms with Crippen LogP contribution in [-0.2, 0) is 9.53 Å². The van der Waals surface area contributed by atoms with Crippen molar-refractivity contribution in [3.8, 4) is 0 Å². The molecule has 94 valence electrons. The molecule has 0 heterocycles. The lowest BCUT2D eigenvalue weighted by molar-refractivity contribution is -0.149. The van der Waals surface area contributed by atoms with E-state index < -0.39 is 5.54 Å². The van der Waals surface area contributed by atoms with Crippen LogP contribution in [0, 0.1) is 0 Å². The summed E-state index contributed by atoms with van der Waals surface area (Å²) in [5.74, 6) is -0.283. The molecule has 1 fully saturated rings. The number of rotatable bonds is 5. The first-order chi connectivity index (χ1) is 7.51. The number of thioether (sulfide) groups is 1. The number of hydrogen-bond donors (Lipinski definition) is 2. The molecule has 0 aromatic carbocycles. The van der Waals surface area contributed by atoms with Crippen LogP contribution in [0.25, 0.3) is 0 Å². The largest absolute Gasteiger partial charge is 0.465 e. The van der Waals surface area contributed by atoms with E-state index in [0.29, 0.717) is 24.7 Å². The summed E-state index contributed by atoms with van der Waals surface area (Å²) in [5, 5.41) is 9.54. The number of aliphatic hydroxyl groups excluding tert-OH is 1. The highest BCUT2D eigenvalue weighted by Gasteiger charge is 2.43. The molecular formula is C11H21NO3S. The summed E-state index contributed by atoms with van der Waals surface area (Å²) in [6.07, 6.45) is 2.26. The topological polar surface area (TPSA) is 72.5 Å². The molecule has 0 radical (unpaired) electrons. The van der Waals surface area contributed by atoms with Crippen molar-refractivity contribution in [1.82, 2.24) is 0 Å². The molecule has 5 heteroatoms. The van der Waals surface area contributed by atoms with Crippen molar-refractivity contribution >= 4 is 17.7 Å². The number of esters is 1. The fourth-order valence-electron chi connectivity index (χ4n) is 1.98. The minimum atomic E-state index is -0.803. The molecule has 4 nitrogen and oxygen atoms in total. The standard InChI is InChI=1S/C11H21NO3S/c1-3-15-10(14)11(12)5-4-9(6-11)16-8(2)7-13/h8-9,13H,3-7,12H2,1-2H3. The van der Waals surface area contributed by atoms with Gasteiger partial charge in [-0.1, -0.05) is 6.92 Å². The van der Waals surface area contributed by atoms with Gasteiger partial charge in [0.25, 0.3) is 0 Å². The van der Waals surface area contributed by atoms with Gasteiger partial charge in [0.15, 0.2) is 0 Å². The van der Waals surface area contributed by atoms with Gasteiger partial charge < -0.3 is 15.6 Å². The van der Waals surface area contributed by atoms with E-state index in [-0.39, 0.29) is 17.8 Å². The van der Waals surface area contributed by atoms with Crippen LogP contribution >= 0.6 is 11.8 Å². The van der Waals surface area contributed by atoms with Crippen molar-refractivity contribution < 1.29 is 14.6 Å². The van der Waals surface area contributed by atoms with Crippen LogP contribution in [0.3, 0.4) is 0 Å². The summed E-state index contributed by atoms with van der Waals surface area (Å²) in [5.41, 5.74) is 5.24. The number of aliphatic hydroxyl groups is 1. The van der Waals surface area contributed by atoms with E-state index in [1.165, 1.54) is 0 Å². The van der Waals surface area contributed by atoms with Crippen molar-refractivity contribution in [2.45, 2.75) is 49.1 Å². The first kappa shape index (κ1) is 13.8. The minimum Gasteiger partial charge on any atom is -0.465 e. The molecule has 1 aliphatic rings. The van der Waals surface area contributed by atoms with Gasteiger partial charge in [0.2, 0.25) is 0 Å². The number of nitrogens with two attached hydrogens (primary N) is 1. The second-order valence-corrected chi connectivity index (χ2v) is 6.11. The van der Waals surface area contributed by atoms with Gasteiger partial charge in [0.1, 0.15) is 5.54 Å². The van der Waals surface area contributed by atoms with Crippen LogP contribution in [0.1, 0.15) is 33.1 Å². The smallest absolute Gasteiger partial charge is 0.326 e. The summed E-state index contributed by atoms with van der Waals surface area (Å²) < 4.78 is 4.99. The molecule has 0 aromatic heterocycles. The zero-order chi connectivity index (χ0) is 12.2. The molecule has 3 N–H and O–H groups in total. The Labute approximate surface area is 101 Å². The first-order valence-electron chi connectivity index (χ1n) is 5.74.